The van der Waals surface area contributed by atoms with Crippen molar-refractivity contribution in [2.75, 3.05) is 26.3 Å². The van der Waals surface area contributed by atoms with E-state index in [-0.39, 0.29) is 32.1 Å². The van der Waals surface area contributed by atoms with Crippen molar-refractivity contribution in [3.63, 3.8) is 0 Å². The number of carbonyl (C=O) groups excluding carboxylic acids is 3. The summed E-state index contributed by atoms with van der Waals surface area (Å²) in [5, 5.41) is 2.78. The van der Waals surface area contributed by atoms with E-state index in [2.05, 4.69) is 54.6 Å². The van der Waals surface area contributed by atoms with Gasteiger partial charge in [-0.15, -0.1) is 0 Å². The third-order valence-electron chi connectivity index (χ3n) is 9.57. The van der Waals surface area contributed by atoms with Crippen molar-refractivity contribution in [3.8, 4) is 0 Å². The van der Waals surface area contributed by atoms with Gasteiger partial charge in [-0.2, -0.15) is 0 Å². The molecule has 2 heterocycles. The number of hydrogen-bond donors (Lipinski definition) is 1. The van der Waals surface area contributed by atoms with Gasteiger partial charge in [0, 0.05) is 79.3 Å². The summed E-state index contributed by atoms with van der Waals surface area (Å²) in [7, 11) is -2.51. The molecule has 0 unspecified atom stereocenters. The largest absolute Gasteiger partial charge is 0.445 e. The number of hydrogen-bond acceptors (Lipinski definition) is 9. The Balaban J connectivity index is 1.48. The lowest BCUT2D eigenvalue weighted by atomic mass is 10.1. The summed E-state index contributed by atoms with van der Waals surface area (Å²) < 4.78 is 27.0. The molecule has 61 heavy (non-hydrogen) atoms. The predicted octanol–water partition coefficient (Wildman–Crippen LogP) is 8.99. The Kier molecular flexibility index (Phi) is 18.8. The highest BCUT2D eigenvalue weighted by atomic mass is 28.3. The van der Waals surface area contributed by atoms with Crippen LogP contribution in [0.4, 0.5) is 9.59 Å². The van der Waals surface area contributed by atoms with Crippen LogP contribution in [0.1, 0.15) is 66.7 Å². The molecule has 0 aliphatic heterocycles. The van der Waals surface area contributed by atoms with Crippen molar-refractivity contribution in [1.29, 1.82) is 0 Å². The Morgan fingerprint density at radius 3 is 1.79 bits per heavy atom. The molecule has 0 saturated carbocycles. The summed E-state index contributed by atoms with van der Waals surface area (Å²) in [4.78, 5) is 52.6. The first-order valence-corrected chi connectivity index (χ1v) is 28.7. The number of benzene rings is 2. The van der Waals surface area contributed by atoms with Gasteiger partial charge in [0.05, 0.1) is 13.1 Å². The van der Waals surface area contributed by atoms with E-state index in [9.17, 15) is 14.4 Å². The summed E-state index contributed by atoms with van der Waals surface area (Å²) >= 11 is 0. The second kappa shape index (κ2) is 23.4. The molecule has 0 aliphatic carbocycles. The van der Waals surface area contributed by atoms with Gasteiger partial charge < -0.3 is 43.2 Å². The quantitative estimate of drug-likeness (QED) is 0.0539. The minimum absolute atomic E-state index is 0.144. The highest BCUT2D eigenvalue weighted by Crippen LogP contribution is 2.18. The zero-order chi connectivity index (χ0) is 44.5. The maximum Gasteiger partial charge on any atom is 0.410 e. The van der Waals surface area contributed by atoms with Crippen LogP contribution in [-0.2, 0) is 58.7 Å². The second-order valence-electron chi connectivity index (χ2n) is 18.8. The average molecular weight is 876 g/mol. The molecule has 1 N–H and O–H groups in total. The lowest BCUT2D eigenvalue weighted by Gasteiger charge is -2.24. The first-order chi connectivity index (χ1) is 28.8. The van der Waals surface area contributed by atoms with Crippen LogP contribution in [0, 0.1) is 0 Å². The van der Waals surface area contributed by atoms with Crippen LogP contribution >= 0.6 is 0 Å². The molecule has 334 valence electrons. The minimum atomic E-state index is -1.25. The van der Waals surface area contributed by atoms with Crippen LogP contribution in [0.5, 0.6) is 0 Å². The number of ether oxygens (including phenoxy) is 4. The molecule has 14 nitrogen and oxygen atoms in total. The molecule has 0 bridgehead atoms. The lowest BCUT2D eigenvalue weighted by molar-refractivity contribution is 0.0525. The van der Waals surface area contributed by atoms with Gasteiger partial charge in [0.2, 0.25) is 0 Å². The van der Waals surface area contributed by atoms with Gasteiger partial charge in [0.15, 0.2) is 0 Å². The Morgan fingerprint density at radius 2 is 1.26 bits per heavy atom. The smallest absolute Gasteiger partial charge is 0.410 e. The summed E-state index contributed by atoms with van der Waals surface area (Å²) in [6.45, 7) is 23.1. The van der Waals surface area contributed by atoms with Crippen molar-refractivity contribution in [2.24, 2.45) is 0 Å². The number of amides is 3. The molecule has 16 heteroatoms. The van der Waals surface area contributed by atoms with Gasteiger partial charge in [0.1, 0.15) is 37.3 Å². The molecular formula is C45H69N7O7Si2. The van der Waals surface area contributed by atoms with E-state index in [1.165, 1.54) is 0 Å². The summed E-state index contributed by atoms with van der Waals surface area (Å²) in [6, 6.07) is 19.0. The molecule has 4 aromatic rings. The molecular weight excluding hydrogens is 807 g/mol. The van der Waals surface area contributed by atoms with Crippen molar-refractivity contribution >= 4 is 34.2 Å². The van der Waals surface area contributed by atoms with Crippen LogP contribution in [0.3, 0.4) is 0 Å². The number of rotatable bonds is 24. The zero-order valence-electron chi connectivity index (χ0n) is 37.9. The Morgan fingerprint density at radius 1 is 0.705 bits per heavy atom. The first kappa shape index (κ1) is 48.9. The number of imidazole rings is 2. The number of alkyl carbamates (subject to hydrolysis) is 1. The highest BCUT2D eigenvalue weighted by Gasteiger charge is 2.23. The number of carbonyl (C=O) groups is 3. The number of nitrogens with zero attached hydrogens (tertiary/aromatic N) is 6. The standard InChI is InChI=1S/C45H69N7O7Si2/c1-45(2,3)59-43(54)48-21-13-14-24-49(44(55)58-34-38-15-11-10-12-16-38)31-37-17-19-39(20-18-37)42(53)52(32-40-46-22-25-50(40)35-56-27-29-60(4,5)6)33-41-47-23-26-51(41)36-57-28-30-61(7,8)9/h10-12,15-20,22-23,25-26H,13-14,21,24,27-36H2,1-9H3,(H,48,54). The van der Waals surface area contributed by atoms with Crippen molar-refractivity contribution in [2.45, 2.75) is 130 Å². The summed E-state index contributed by atoms with van der Waals surface area (Å²) in [5.41, 5.74) is 1.63. The van der Waals surface area contributed by atoms with E-state index in [0.29, 0.717) is 69.8 Å². The Labute approximate surface area is 365 Å². The Bertz CT molecular complexity index is 1870. The summed E-state index contributed by atoms with van der Waals surface area (Å²) in [5.74, 6) is 1.22. The van der Waals surface area contributed by atoms with Crippen molar-refractivity contribution < 1.29 is 33.3 Å². The molecule has 2 aromatic heterocycles. The minimum Gasteiger partial charge on any atom is -0.445 e. The molecule has 0 radical (unpaired) electrons. The SMILES string of the molecule is CC(C)(C)OC(=O)NCCCCN(Cc1ccc(C(=O)N(Cc2nccn2COCC[Si](C)(C)C)Cc2nccn2COCC[Si](C)(C)C)cc1)C(=O)OCc1ccccc1. The molecule has 0 aliphatic rings. The van der Waals surface area contributed by atoms with Gasteiger partial charge >= 0.3 is 12.2 Å². The number of nitrogens with one attached hydrogen (secondary N) is 1. The van der Waals surface area contributed by atoms with Crippen LogP contribution in [0.25, 0.3) is 0 Å². The monoisotopic (exact) mass is 875 g/mol. The highest BCUT2D eigenvalue weighted by molar-refractivity contribution is 6.76. The van der Waals surface area contributed by atoms with Crippen molar-refractivity contribution in [3.05, 3.63) is 108 Å². The van der Waals surface area contributed by atoms with Gasteiger partial charge in [0.25, 0.3) is 5.91 Å². The lowest BCUT2D eigenvalue weighted by Crippen LogP contribution is -2.34. The van der Waals surface area contributed by atoms with Gasteiger partial charge in [-0.05, 0) is 69.0 Å². The van der Waals surface area contributed by atoms with Gasteiger partial charge in [-0.1, -0.05) is 81.7 Å². The van der Waals surface area contributed by atoms with E-state index in [1.807, 2.05) is 84.8 Å². The molecule has 3 amide bonds. The molecule has 0 atom stereocenters. The fraction of sp³-hybridized carbons (Fsp3) is 0.533. The van der Waals surface area contributed by atoms with Crippen molar-refractivity contribution in [1.82, 2.24) is 34.2 Å². The molecule has 4 rings (SSSR count). The fourth-order valence-electron chi connectivity index (χ4n) is 5.98. The molecule has 0 saturated heterocycles. The topological polar surface area (TPSA) is 142 Å². The van der Waals surface area contributed by atoms with Crippen LogP contribution in [0.15, 0.2) is 79.4 Å². The van der Waals surface area contributed by atoms with E-state index < -0.39 is 33.9 Å². The first-order valence-electron chi connectivity index (χ1n) is 21.3. The van der Waals surface area contributed by atoms with Gasteiger partial charge in [-0.25, -0.2) is 19.6 Å². The normalized spacial score (nSPS) is 12.0. The van der Waals surface area contributed by atoms with Crippen LogP contribution < -0.4 is 5.32 Å². The fourth-order valence-corrected chi connectivity index (χ4v) is 7.49. The van der Waals surface area contributed by atoms with Crippen LogP contribution in [0.2, 0.25) is 51.4 Å². The second-order valence-corrected chi connectivity index (χ2v) is 30.0. The third kappa shape index (κ3) is 18.8. The Hall–Kier alpha value is -4.78. The molecule has 0 spiro atoms. The van der Waals surface area contributed by atoms with E-state index in [1.54, 1.807) is 34.3 Å². The average Bonchev–Trinajstić information content (AvgIpc) is 3.84. The summed E-state index contributed by atoms with van der Waals surface area (Å²) in [6.07, 6.45) is 7.56. The maximum absolute atomic E-state index is 14.4. The van der Waals surface area contributed by atoms with E-state index >= 15 is 0 Å². The van der Waals surface area contributed by atoms with Gasteiger partial charge in [-0.3, -0.25) is 4.79 Å². The van der Waals surface area contributed by atoms with Crippen LogP contribution in [-0.4, -0.2) is 95.0 Å². The zero-order valence-corrected chi connectivity index (χ0v) is 39.9. The van der Waals surface area contributed by atoms with E-state index in [0.717, 1.165) is 23.2 Å². The molecule has 0 fully saturated rings. The molecule has 2 aromatic carbocycles. The third-order valence-corrected chi connectivity index (χ3v) is 13.0. The number of aromatic nitrogens is 4. The number of unbranched alkanes of at least 4 members (excludes halogenated alkanes) is 1. The van der Waals surface area contributed by atoms with E-state index in [4.69, 9.17) is 18.9 Å². The maximum atomic E-state index is 14.4. The predicted molar refractivity (Wildman–Crippen MR) is 243 cm³/mol.